The highest BCUT2D eigenvalue weighted by Gasteiger charge is 2.18. The Morgan fingerprint density at radius 1 is 1.28 bits per heavy atom. The van der Waals surface area contributed by atoms with Gasteiger partial charge in [0.1, 0.15) is 6.04 Å². The van der Waals surface area contributed by atoms with Crippen LogP contribution in [0.5, 0.6) is 0 Å². The molecule has 106 valence electrons. The third-order valence-electron chi connectivity index (χ3n) is 3.91. The van der Waals surface area contributed by atoms with Gasteiger partial charge in [0.05, 0.1) is 0 Å². The fraction of sp³-hybridized carbons (Fsp3) is 0.933. The average molecular weight is 255 g/mol. The van der Waals surface area contributed by atoms with Crippen molar-refractivity contribution in [2.24, 2.45) is 11.8 Å². The molecule has 0 bridgehead atoms. The highest BCUT2D eigenvalue weighted by Crippen LogP contribution is 2.26. The normalized spacial score (nSPS) is 19.1. The van der Waals surface area contributed by atoms with Gasteiger partial charge in [-0.2, -0.15) is 0 Å². The van der Waals surface area contributed by atoms with E-state index in [-0.39, 0.29) is 6.04 Å². The number of rotatable bonds is 8. The van der Waals surface area contributed by atoms with E-state index >= 15 is 0 Å². The average Bonchev–Trinajstić information content (AvgIpc) is 2.33. The first-order valence-corrected chi connectivity index (χ1v) is 7.55. The molecule has 3 heteroatoms. The monoisotopic (exact) mass is 255 g/mol. The van der Waals surface area contributed by atoms with Crippen LogP contribution in [0.1, 0.15) is 65.2 Å². The van der Waals surface area contributed by atoms with Crippen LogP contribution in [0, 0.1) is 11.8 Å². The van der Waals surface area contributed by atoms with Crippen LogP contribution in [0.15, 0.2) is 0 Å². The molecule has 0 aromatic rings. The fourth-order valence-corrected chi connectivity index (χ4v) is 2.89. The van der Waals surface area contributed by atoms with Crippen molar-refractivity contribution in [3.8, 4) is 0 Å². The van der Waals surface area contributed by atoms with Crippen molar-refractivity contribution < 1.29 is 9.90 Å². The molecule has 0 heterocycles. The minimum absolute atomic E-state index is 0.364. The predicted octanol–water partition coefficient (Wildman–Crippen LogP) is 3.44. The number of carboxylic acids is 1. The number of aliphatic carboxylic acids is 1. The predicted molar refractivity (Wildman–Crippen MR) is 74.7 cm³/mol. The number of nitrogens with one attached hydrogen (secondary N) is 1. The zero-order chi connectivity index (χ0) is 13.4. The van der Waals surface area contributed by atoms with Gasteiger partial charge < -0.3 is 10.4 Å². The third kappa shape index (κ3) is 6.39. The van der Waals surface area contributed by atoms with Crippen LogP contribution in [-0.2, 0) is 4.79 Å². The Bertz CT molecular complexity index is 235. The smallest absolute Gasteiger partial charge is 0.320 e. The second kappa shape index (κ2) is 8.52. The van der Waals surface area contributed by atoms with Gasteiger partial charge in [-0.15, -0.1) is 0 Å². The van der Waals surface area contributed by atoms with E-state index in [1.807, 2.05) is 0 Å². The summed E-state index contributed by atoms with van der Waals surface area (Å²) in [4.78, 5) is 11.1. The molecule has 1 aliphatic carbocycles. The number of hydrogen-bond donors (Lipinski definition) is 2. The second-order valence-electron chi connectivity index (χ2n) is 6.12. The van der Waals surface area contributed by atoms with Crippen LogP contribution in [-0.4, -0.2) is 23.7 Å². The molecule has 1 atom stereocenters. The van der Waals surface area contributed by atoms with Crippen LogP contribution in [0.4, 0.5) is 0 Å². The van der Waals surface area contributed by atoms with Gasteiger partial charge in [-0.3, -0.25) is 4.79 Å². The second-order valence-corrected chi connectivity index (χ2v) is 6.12. The first-order chi connectivity index (χ1) is 8.59. The Kier molecular flexibility index (Phi) is 7.33. The molecule has 1 saturated carbocycles. The molecule has 0 amide bonds. The lowest BCUT2D eigenvalue weighted by Gasteiger charge is -2.22. The number of hydrogen-bond acceptors (Lipinski definition) is 2. The van der Waals surface area contributed by atoms with Gasteiger partial charge in [0.2, 0.25) is 0 Å². The maximum Gasteiger partial charge on any atom is 0.320 e. The summed E-state index contributed by atoms with van der Waals surface area (Å²) in [5, 5.41) is 12.3. The zero-order valence-corrected chi connectivity index (χ0v) is 12.0. The maximum atomic E-state index is 11.1. The van der Waals surface area contributed by atoms with E-state index in [0.29, 0.717) is 5.92 Å². The van der Waals surface area contributed by atoms with Gasteiger partial charge in [0, 0.05) is 0 Å². The van der Waals surface area contributed by atoms with Gasteiger partial charge in [0.15, 0.2) is 0 Å². The van der Waals surface area contributed by atoms with Crippen LogP contribution in [0.3, 0.4) is 0 Å². The molecule has 0 aliphatic heterocycles. The molecule has 0 aromatic heterocycles. The summed E-state index contributed by atoms with van der Waals surface area (Å²) in [6.45, 7) is 4.99. The quantitative estimate of drug-likeness (QED) is 0.653. The molecular weight excluding hydrogens is 226 g/mol. The van der Waals surface area contributed by atoms with Crippen LogP contribution >= 0.6 is 0 Å². The zero-order valence-electron chi connectivity index (χ0n) is 12.0. The Hall–Kier alpha value is -0.570. The Morgan fingerprint density at radius 2 is 1.94 bits per heavy atom. The lowest BCUT2D eigenvalue weighted by molar-refractivity contribution is -0.139. The van der Waals surface area contributed by atoms with E-state index in [1.54, 1.807) is 0 Å². The summed E-state index contributed by atoms with van der Waals surface area (Å²) in [5.41, 5.74) is 0. The van der Waals surface area contributed by atoms with Crippen LogP contribution < -0.4 is 5.32 Å². The Balaban J connectivity index is 2.12. The summed E-state index contributed by atoms with van der Waals surface area (Å²) in [6, 6.07) is -0.364. The molecule has 1 aliphatic rings. The molecule has 3 nitrogen and oxygen atoms in total. The Morgan fingerprint density at radius 3 is 2.50 bits per heavy atom. The van der Waals surface area contributed by atoms with Gasteiger partial charge in [-0.25, -0.2) is 0 Å². The summed E-state index contributed by atoms with van der Waals surface area (Å²) in [7, 11) is 0. The molecule has 0 unspecified atom stereocenters. The standard InChI is InChI=1S/C15H29NO2/c1-12(2)11-14(15(17)18)16-10-6-9-13-7-4-3-5-8-13/h12-14,16H,3-11H2,1-2H3,(H,17,18)/t14-/m1/s1. The molecule has 0 radical (unpaired) electrons. The van der Waals surface area contributed by atoms with E-state index in [0.717, 1.165) is 25.3 Å². The third-order valence-corrected chi connectivity index (χ3v) is 3.91. The van der Waals surface area contributed by atoms with Gasteiger partial charge in [0.25, 0.3) is 0 Å². The highest BCUT2D eigenvalue weighted by molar-refractivity contribution is 5.73. The van der Waals surface area contributed by atoms with E-state index < -0.39 is 5.97 Å². The lowest BCUT2D eigenvalue weighted by atomic mass is 9.86. The largest absolute Gasteiger partial charge is 0.480 e. The molecule has 1 rings (SSSR count). The molecule has 0 saturated heterocycles. The topological polar surface area (TPSA) is 49.3 Å². The van der Waals surface area contributed by atoms with Gasteiger partial charge >= 0.3 is 5.97 Å². The van der Waals surface area contributed by atoms with Crippen molar-refractivity contribution in [2.75, 3.05) is 6.54 Å². The highest BCUT2D eigenvalue weighted by atomic mass is 16.4. The molecule has 2 N–H and O–H groups in total. The number of carbonyl (C=O) groups is 1. The summed E-state index contributed by atoms with van der Waals surface area (Å²) in [6.07, 6.45) is 10.1. The van der Waals surface area contributed by atoms with Crippen molar-refractivity contribution in [1.82, 2.24) is 5.32 Å². The first-order valence-electron chi connectivity index (χ1n) is 7.55. The SMILES string of the molecule is CC(C)C[C@@H](NCCCC1CCCCC1)C(=O)O. The Labute approximate surface area is 111 Å². The number of carboxylic acid groups (broad SMARTS) is 1. The fourth-order valence-electron chi connectivity index (χ4n) is 2.89. The summed E-state index contributed by atoms with van der Waals surface area (Å²) < 4.78 is 0. The first kappa shape index (κ1) is 15.5. The van der Waals surface area contributed by atoms with E-state index in [9.17, 15) is 4.79 Å². The lowest BCUT2D eigenvalue weighted by Crippen LogP contribution is -2.38. The minimum atomic E-state index is -0.707. The molecule has 0 aromatic carbocycles. The van der Waals surface area contributed by atoms with Crippen molar-refractivity contribution >= 4 is 5.97 Å². The van der Waals surface area contributed by atoms with Gasteiger partial charge in [-0.1, -0.05) is 46.0 Å². The van der Waals surface area contributed by atoms with Crippen LogP contribution in [0.25, 0.3) is 0 Å². The van der Waals surface area contributed by atoms with E-state index in [2.05, 4.69) is 19.2 Å². The van der Waals surface area contributed by atoms with Crippen molar-refractivity contribution in [2.45, 2.75) is 71.3 Å². The van der Waals surface area contributed by atoms with Crippen LogP contribution in [0.2, 0.25) is 0 Å². The van der Waals surface area contributed by atoms with Gasteiger partial charge in [-0.05, 0) is 37.6 Å². The summed E-state index contributed by atoms with van der Waals surface area (Å²) >= 11 is 0. The molecular formula is C15H29NO2. The molecule has 1 fully saturated rings. The molecule has 0 spiro atoms. The minimum Gasteiger partial charge on any atom is -0.480 e. The van der Waals surface area contributed by atoms with E-state index in [4.69, 9.17) is 5.11 Å². The van der Waals surface area contributed by atoms with Crippen molar-refractivity contribution in [3.63, 3.8) is 0 Å². The van der Waals surface area contributed by atoms with Crippen molar-refractivity contribution in [3.05, 3.63) is 0 Å². The maximum absolute atomic E-state index is 11.1. The van der Waals surface area contributed by atoms with E-state index in [1.165, 1.54) is 38.5 Å². The summed E-state index contributed by atoms with van der Waals surface area (Å²) in [5.74, 6) is 0.618. The van der Waals surface area contributed by atoms with Crippen molar-refractivity contribution in [1.29, 1.82) is 0 Å². The molecule has 18 heavy (non-hydrogen) atoms.